The molecule has 1 aliphatic carbocycles. The summed E-state index contributed by atoms with van der Waals surface area (Å²) in [6, 6.07) is 0.881. The Labute approximate surface area is 138 Å². The Kier molecular flexibility index (Phi) is 4.67. The number of aromatic nitrogens is 2. The number of hydrogen-bond donors (Lipinski definition) is 0. The lowest BCUT2D eigenvalue weighted by atomic mass is 9.93. The second-order valence-corrected chi connectivity index (χ2v) is 6.86. The van der Waals surface area contributed by atoms with Crippen LogP contribution in [0.4, 0.5) is 5.82 Å². The Hall–Kier alpha value is -1.16. The number of halogens is 1. The highest BCUT2D eigenvalue weighted by molar-refractivity contribution is 6.28. The fraction of sp³-hybridized carbons (Fsp3) is 0.706. The van der Waals surface area contributed by atoms with Crippen LogP contribution >= 0.6 is 11.6 Å². The van der Waals surface area contributed by atoms with Gasteiger partial charge in [0.15, 0.2) is 0 Å². The number of anilines is 1. The SMILES string of the molecule is CCC1Cc2nc(Cl)nc(N(C)C3CCCCC3)c2C(C)=N1. The van der Waals surface area contributed by atoms with Crippen LogP contribution in [-0.4, -0.2) is 34.8 Å². The zero-order valence-electron chi connectivity index (χ0n) is 13.8. The van der Waals surface area contributed by atoms with E-state index in [0.29, 0.717) is 17.4 Å². The van der Waals surface area contributed by atoms with Gasteiger partial charge < -0.3 is 4.90 Å². The standard InChI is InChI=1S/C17H25ClN4/c1-4-12-10-14-15(11(2)19-12)16(21-17(18)20-14)22(3)13-8-6-5-7-9-13/h12-13H,4-10H2,1-3H3. The third-order valence-corrected chi connectivity index (χ3v) is 5.20. The topological polar surface area (TPSA) is 41.4 Å². The van der Waals surface area contributed by atoms with Crippen LogP contribution in [-0.2, 0) is 6.42 Å². The fourth-order valence-electron chi connectivity index (χ4n) is 3.72. The molecule has 1 aliphatic heterocycles. The summed E-state index contributed by atoms with van der Waals surface area (Å²) in [5, 5.41) is 0.362. The molecule has 1 fully saturated rings. The molecular weight excluding hydrogens is 296 g/mol. The van der Waals surface area contributed by atoms with Crippen LogP contribution < -0.4 is 4.90 Å². The van der Waals surface area contributed by atoms with Gasteiger partial charge in [0, 0.05) is 25.2 Å². The van der Waals surface area contributed by atoms with Crippen molar-refractivity contribution in [3.63, 3.8) is 0 Å². The van der Waals surface area contributed by atoms with E-state index in [1.54, 1.807) is 0 Å². The average molecular weight is 321 g/mol. The van der Waals surface area contributed by atoms with Crippen LogP contribution in [0.1, 0.15) is 63.6 Å². The van der Waals surface area contributed by atoms with E-state index in [-0.39, 0.29) is 0 Å². The molecule has 3 rings (SSSR count). The van der Waals surface area contributed by atoms with Crippen molar-refractivity contribution in [2.45, 2.75) is 70.9 Å². The van der Waals surface area contributed by atoms with E-state index in [1.165, 1.54) is 32.1 Å². The van der Waals surface area contributed by atoms with E-state index in [0.717, 1.165) is 35.6 Å². The second-order valence-electron chi connectivity index (χ2n) is 6.52. The van der Waals surface area contributed by atoms with Crippen LogP contribution in [0.5, 0.6) is 0 Å². The van der Waals surface area contributed by atoms with Crippen molar-refractivity contribution >= 4 is 23.1 Å². The van der Waals surface area contributed by atoms with E-state index in [9.17, 15) is 0 Å². The van der Waals surface area contributed by atoms with Crippen LogP contribution in [0.2, 0.25) is 5.28 Å². The minimum absolute atomic E-state index is 0.325. The maximum absolute atomic E-state index is 6.21. The first-order chi connectivity index (χ1) is 10.6. The van der Waals surface area contributed by atoms with Crippen molar-refractivity contribution in [1.29, 1.82) is 0 Å². The van der Waals surface area contributed by atoms with E-state index in [2.05, 4.69) is 35.8 Å². The summed E-state index contributed by atoms with van der Waals surface area (Å²) >= 11 is 6.21. The van der Waals surface area contributed by atoms with Crippen molar-refractivity contribution in [3.05, 3.63) is 16.5 Å². The summed E-state index contributed by atoms with van der Waals surface area (Å²) in [4.78, 5) is 16.2. The molecule has 1 unspecified atom stereocenters. The quantitative estimate of drug-likeness (QED) is 0.789. The van der Waals surface area contributed by atoms with Gasteiger partial charge >= 0.3 is 0 Å². The normalized spacial score (nSPS) is 22.2. The highest BCUT2D eigenvalue weighted by Crippen LogP contribution is 2.32. The maximum atomic E-state index is 6.21. The number of hydrogen-bond acceptors (Lipinski definition) is 4. The number of aliphatic imine (C=N–C) groups is 1. The van der Waals surface area contributed by atoms with Crippen molar-refractivity contribution in [2.75, 3.05) is 11.9 Å². The first-order valence-corrected chi connectivity index (χ1v) is 8.82. The van der Waals surface area contributed by atoms with Gasteiger partial charge in [0.25, 0.3) is 0 Å². The van der Waals surface area contributed by atoms with Crippen molar-refractivity contribution in [3.8, 4) is 0 Å². The third-order valence-electron chi connectivity index (χ3n) is 5.03. The highest BCUT2D eigenvalue weighted by atomic mass is 35.5. The molecule has 1 aromatic heterocycles. The van der Waals surface area contributed by atoms with Gasteiger partial charge in [-0.25, -0.2) is 4.98 Å². The predicted molar refractivity (Wildman–Crippen MR) is 92.3 cm³/mol. The van der Waals surface area contributed by atoms with Crippen molar-refractivity contribution in [1.82, 2.24) is 9.97 Å². The zero-order valence-corrected chi connectivity index (χ0v) is 14.5. The Balaban J connectivity index is 1.99. The van der Waals surface area contributed by atoms with Gasteiger partial charge in [-0.2, -0.15) is 4.98 Å². The van der Waals surface area contributed by atoms with E-state index in [1.807, 2.05) is 0 Å². The van der Waals surface area contributed by atoms with Gasteiger partial charge in [0.1, 0.15) is 5.82 Å². The molecule has 0 aromatic carbocycles. The van der Waals surface area contributed by atoms with Gasteiger partial charge in [-0.1, -0.05) is 26.2 Å². The summed E-state index contributed by atoms with van der Waals surface area (Å²) in [5.41, 5.74) is 3.24. The van der Waals surface area contributed by atoms with Gasteiger partial charge in [-0.15, -0.1) is 0 Å². The summed E-state index contributed by atoms with van der Waals surface area (Å²) < 4.78 is 0. The molecule has 0 radical (unpaired) electrons. The van der Waals surface area contributed by atoms with Gasteiger partial charge in [0.2, 0.25) is 5.28 Å². The summed E-state index contributed by atoms with van der Waals surface area (Å²) in [6.07, 6.45) is 8.35. The Morgan fingerprint density at radius 2 is 1.91 bits per heavy atom. The molecule has 120 valence electrons. The molecular formula is C17H25ClN4. The van der Waals surface area contributed by atoms with Crippen molar-refractivity contribution in [2.24, 2.45) is 4.99 Å². The van der Waals surface area contributed by atoms with E-state index >= 15 is 0 Å². The first kappa shape index (κ1) is 15.7. The first-order valence-electron chi connectivity index (χ1n) is 8.44. The molecule has 4 nitrogen and oxygen atoms in total. The molecule has 1 aromatic rings. The zero-order chi connectivity index (χ0) is 15.7. The average Bonchev–Trinajstić information content (AvgIpc) is 2.53. The number of rotatable bonds is 3. The van der Waals surface area contributed by atoms with Crippen LogP contribution in [0.3, 0.4) is 0 Å². The number of nitrogens with zero attached hydrogens (tertiary/aromatic N) is 4. The Morgan fingerprint density at radius 1 is 1.18 bits per heavy atom. The lowest BCUT2D eigenvalue weighted by Crippen LogP contribution is -2.36. The summed E-state index contributed by atoms with van der Waals surface area (Å²) in [7, 11) is 2.15. The largest absolute Gasteiger partial charge is 0.356 e. The molecule has 0 bridgehead atoms. The van der Waals surface area contributed by atoms with Crippen LogP contribution in [0.25, 0.3) is 0 Å². The van der Waals surface area contributed by atoms with Gasteiger partial charge in [-0.05, 0) is 37.8 Å². The van der Waals surface area contributed by atoms with Gasteiger partial charge in [0.05, 0.1) is 17.3 Å². The molecule has 1 saturated carbocycles. The Morgan fingerprint density at radius 3 is 2.59 bits per heavy atom. The van der Waals surface area contributed by atoms with Crippen LogP contribution in [0.15, 0.2) is 4.99 Å². The van der Waals surface area contributed by atoms with Crippen molar-refractivity contribution < 1.29 is 0 Å². The smallest absolute Gasteiger partial charge is 0.224 e. The molecule has 1 atom stereocenters. The third kappa shape index (κ3) is 2.98. The van der Waals surface area contributed by atoms with Gasteiger partial charge in [-0.3, -0.25) is 4.99 Å². The van der Waals surface area contributed by atoms with E-state index < -0.39 is 0 Å². The van der Waals surface area contributed by atoms with Crippen LogP contribution in [0, 0.1) is 0 Å². The monoisotopic (exact) mass is 320 g/mol. The Bertz CT molecular complexity index is 578. The lowest BCUT2D eigenvalue weighted by Gasteiger charge is -2.34. The molecule has 0 N–H and O–H groups in total. The minimum atomic E-state index is 0.325. The minimum Gasteiger partial charge on any atom is -0.356 e. The molecule has 0 saturated heterocycles. The fourth-order valence-corrected chi connectivity index (χ4v) is 3.90. The molecule has 22 heavy (non-hydrogen) atoms. The lowest BCUT2D eigenvalue weighted by molar-refractivity contribution is 0.425. The summed E-state index contributed by atoms with van der Waals surface area (Å²) in [5.74, 6) is 0.970. The molecule has 2 aliphatic rings. The highest BCUT2D eigenvalue weighted by Gasteiger charge is 2.28. The molecule has 2 heterocycles. The summed E-state index contributed by atoms with van der Waals surface area (Å²) in [6.45, 7) is 4.25. The van der Waals surface area contributed by atoms with E-state index in [4.69, 9.17) is 16.6 Å². The predicted octanol–water partition coefficient (Wildman–Crippen LogP) is 4.04. The molecule has 5 heteroatoms. The molecule has 0 amide bonds. The maximum Gasteiger partial charge on any atom is 0.224 e. The second kappa shape index (κ2) is 6.53. The number of fused-ring (bicyclic) bond motifs is 1. The molecule has 0 spiro atoms.